The highest BCUT2D eigenvalue weighted by Gasteiger charge is 2.31. The van der Waals surface area contributed by atoms with Crippen molar-refractivity contribution in [3.8, 4) is 11.5 Å². The van der Waals surface area contributed by atoms with Gasteiger partial charge in [-0.25, -0.2) is 0 Å². The average Bonchev–Trinajstić information content (AvgIpc) is 2.89. The Morgan fingerprint density at radius 2 is 1.79 bits per heavy atom. The highest BCUT2D eigenvalue weighted by atomic mass is 16.5. The molecule has 0 N–H and O–H groups in total. The lowest BCUT2D eigenvalue weighted by Gasteiger charge is -2.10. The third-order valence-electron chi connectivity index (χ3n) is 3.88. The van der Waals surface area contributed by atoms with E-state index in [1.807, 2.05) is 44.2 Å². The van der Waals surface area contributed by atoms with Gasteiger partial charge >= 0.3 is 5.97 Å². The molecule has 0 bridgehead atoms. The Balaban J connectivity index is 1.82. The summed E-state index contributed by atoms with van der Waals surface area (Å²) in [7, 11) is 0. The fraction of sp³-hybridized carbons (Fsp3) is 0.200. The van der Waals surface area contributed by atoms with Gasteiger partial charge in [0.05, 0.1) is 12.0 Å². The van der Waals surface area contributed by atoms with Crippen LogP contribution in [0.4, 0.5) is 0 Å². The van der Waals surface area contributed by atoms with Crippen molar-refractivity contribution in [3.05, 3.63) is 70.5 Å². The summed E-state index contributed by atoms with van der Waals surface area (Å²) in [5.74, 6) is 0.755. The number of benzene rings is 2. The van der Waals surface area contributed by atoms with Crippen molar-refractivity contribution in [1.82, 2.24) is 0 Å². The Morgan fingerprint density at radius 3 is 2.46 bits per heavy atom. The maximum absolute atomic E-state index is 12.3. The summed E-state index contributed by atoms with van der Waals surface area (Å²) in [4.78, 5) is 24.4. The summed E-state index contributed by atoms with van der Waals surface area (Å²) in [5, 5.41) is 0. The Kier molecular flexibility index (Phi) is 4.21. The third kappa shape index (κ3) is 2.95. The van der Waals surface area contributed by atoms with Crippen LogP contribution in [0.1, 0.15) is 35.3 Å². The molecule has 0 saturated carbocycles. The first-order chi connectivity index (χ1) is 11.5. The van der Waals surface area contributed by atoms with Gasteiger partial charge < -0.3 is 9.47 Å². The predicted octanol–water partition coefficient (Wildman–Crippen LogP) is 4.01. The smallest absolute Gasteiger partial charge is 0.315 e. The molecule has 24 heavy (non-hydrogen) atoms. The maximum atomic E-state index is 12.3. The molecule has 122 valence electrons. The van der Waals surface area contributed by atoms with Crippen LogP contribution in [-0.4, -0.2) is 11.8 Å². The molecule has 0 atom stereocenters. The molecule has 1 heterocycles. The minimum Gasteiger partial charge on any atom is -0.452 e. The molecule has 3 rings (SSSR count). The summed E-state index contributed by atoms with van der Waals surface area (Å²) in [6, 6.07) is 12.7. The molecule has 1 aliphatic rings. The summed E-state index contributed by atoms with van der Waals surface area (Å²) >= 11 is 0. The number of hydrogen-bond donors (Lipinski definition) is 0. The van der Waals surface area contributed by atoms with Crippen molar-refractivity contribution in [1.29, 1.82) is 0 Å². The number of carbonyl (C=O) groups excluding carboxylic acids is 2. The lowest BCUT2D eigenvalue weighted by molar-refractivity contribution is -0.133. The fourth-order valence-electron chi connectivity index (χ4n) is 2.62. The number of rotatable bonds is 3. The SMILES string of the molecule is CC(C)=C1Oc2c(ccc(OC(=O)Cc3ccccc3)c2C)C1=O. The number of hydrogen-bond acceptors (Lipinski definition) is 4. The number of Topliss-reactive ketones (excluding diaryl/α,β-unsaturated/α-hetero) is 1. The zero-order chi connectivity index (χ0) is 17.3. The van der Waals surface area contributed by atoms with Gasteiger partial charge in [-0.2, -0.15) is 0 Å². The highest BCUT2D eigenvalue weighted by Crippen LogP contribution is 2.39. The number of esters is 1. The van der Waals surface area contributed by atoms with Gasteiger partial charge in [-0.05, 0) is 44.0 Å². The molecule has 0 spiro atoms. The minimum atomic E-state index is -0.351. The first-order valence-electron chi connectivity index (χ1n) is 7.75. The highest BCUT2D eigenvalue weighted by molar-refractivity contribution is 6.13. The second-order valence-corrected chi connectivity index (χ2v) is 5.96. The molecule has 0 unspecified atom stereocenters. The van der Waals surface area contributed by atoms with Gasteiger partial charge in [0, 0.05) is 5.56 Å². The summed E-state index contributed by atoms with van der Waals surface area (Å²) in [5.41, 5.74) is 2.86. The van der Waals surface area contributed by atoms with Gasteiger partial charge in [0.1, 0.15) is 11.5 Å². The van der Waals surface area contributed by atoms with Crippen molar-refractivity contribution in [2.24, 2.45) is 0 Å². The van der Waals surface area contributed by atoms with Crippen molar-refractivity contribution in [2.45, 2.75) is 27.2 Å². The van der Waals surface area contributed by atoms with E-state index in [1.165, 1.54) is 0 Å². The van der Waals surface area contributed by atoms with Crippen molar-refractivity contribution >= 4 is 11.8 Å². The zero-order valence-corrected chi connectivity index (χ0v) is 13.9. The Hall–Kier alpha value is -2.88. The maximum Gasteiger partial charge on any atom is 0.315 e. The van der Waals surface area contributed by atoms with Crippen LogP contribution < -0.4 is 9.47 Å². The lowest BCUT2D eigenvalue weighted by Crippen LogP contribution is -2.12. The second kappa shape index (κ2) is 6.32. The van der Waals surface area contributed by atoms with Gasteiger partial charge in [-0.3, -0.25) is 9.59 Å². The predicted molar refractivity (Wildman–Crippen MR) is 90.3 cm³/mol. The number of allylic oxidation sites excluding steroid dienone is 2. The molecule has 0 saturated heterocycles. The van der Waals surface area contributed by atoms with Gasteiger partial charge in [-0.15, -0.1) is 0 Å². The molecular weight excluding hydrogens is 304 g/mol. The number of fused-ring (bicyclic) bond motifs is 1. The van der Waals surface area contributed by atoms with Gasteiger partial charge in [-0.1, -0.05) is 30.3 Å². The lowest BCUT2D eigenvalue weighted by atomic mass is 10.1. The van der Waals surface area contributed by atoms with Gasteiger partial charge in [0.2, 0.25) is 5.78 Å². The molecule has 1 aliphatic heterocycles. The number of ether oxygens (including phenoxy) is 2. The molecule has 2 aromatic carbocycles. The quantitative estimate of drug-likeness (QED) is 0.487. The molecule has 0 radical (unpaired) electrons. The molecule has 4 nitrogen and oxygen atoms in total. The Morgan fingerprint density at radius 1 is 1.08 bits per heavy atom. The molecular formula is C20H18O4. The fourth-order valence-corrected chi connectivity index (χ4v) is 2.62. The van der Waals surface area contributed by atoms with Gasteiger partial charge in [0.25, 0.3) is 0 Å². The molecule has 0 aliphatic carbocycles. The monoisotopic (exact) mass is 322 g/mol. The van der Waals surface area contributed by atoms with E-state index in [4.69, 9.17) is 9.47 Å². The van der Waals surface area contributed by atoms with Crippen LogP contribution in [-0.2, 0) is 11.2 Å². The van der Waals surface area contributed by atoms with E-state index in [1.54, 1.807) is 19.1 Å². The van der Waals surface area contributed by atoms with E-state index in [0.29, 0.717) is 28.4 Å². The largest absolute Gasteiger partial charge is 0.452 e. The zero-order valence-electron chi connectivity index (χ0n) is 13.9. The van der Waals surface area contributed by atoms with Crippen LogP contribution in [0.2, 0.25) is 0 Å². The van der Waals surface area contributed by atoms with Crippen LogP contribution in [0, 0.1) is 6.92 Å². The molecule has 2 aromatic rings. The minimum absolute atomic E-state index is 0.129. The van der Waals surface area contributed by atoms with Crippen molar-refractivity contribution in [2.75, 3.05) is 0 Å². The summed E-state index contributed by atoms with van der Waals surface area (Å²) < 4.78 is 11.1. The Labute approximate surface area is 140 Å². The first-order valence-corrected chi connectivity index (χ1v) is 7.75. The third-order valence-corrected chi connectivity index (χ3v) is 3.88. The van der Waals surface area contributed by atoms with Gasteiger partial charge in [0.15, 0.2) is 5.76 Å². The molecule has 0 aromatic heterocycles. The summed E-state index contributed by atoms with van der Waals surface area (Å²) in [6.45, 7) is 5.44. The van der Waals surface area contributed by atoms with E-state index in [-0.39, 0.29) is 18.2 Å². The van der Waals surface area contributed by atoms with Crippen LogP contribution in [0.15, 0.2) is 53.8 Å². The van der Waals surface area contributed by atoms with Crippen LogP contribution in [0.5, 0.6) is 11.5 Å². The van der Waals surface area contributed by atoms with Crippen molar-refractivity contribution in [3.63, 3.8) is 0 Å². The van der Waals surface area contributed by atoms with E-state index in [9.17, 15) is 9.59 Å². The normalized spacial score (nSPS) is 12.6. The standard InChI is InChI=1S/C20H18O4/c1-12(2)19-18(22)15-9-10-16(13(3)20(15)24-19)23-17(21)11-14-7-5-4-6-8-14/h4-10H,11H2,1-3H3. The number of carbonyl (C=O) groups is 2. The van der Waals surface area contributed by atoms with E-state index in [0.717, 1.165) is 11.1 Å². The average molecular weight is 322 g/mol. The molecule has 4 heteroatoms. The van der Waals surface area contributed by atoms with E-state index >= 15 is 0 Å². The molecule has 0 amide bonds. The number of ketones is 1. The van der Waals surface area contributed by atoms with E-state index in [2.05, 4.69) is 0 Å². The summed E-state index contributed by atoms with van der Waals surface area (Å²) in [6.07, 6.45) is 0.191. The molecule has 0 fully saturated rings. The van der Waals surface area contributed by atoms with Crippen molar-refractivity contribution < 1.29 is 19.1 Å². The van der Waals surface area contributed by atoms with Crippen LogP contribution in [0.3, 0.4) is 0 Å². The Bertz CT molecular complexity index is 843. The van der Waals surface area contributed by atoms with Crippen LogP contribution in [0.25, 0.3) is 0 Å². The first kappa shape index (κ1) is 16.0. The second-order valence-electron chi connectivity index (χ2n) is 5.96. The topological polar surface area (TPSA) is 52.6 Å². The van der Waals surface area contributed by atoms with Crippen LogP contribution >= 0.6 is 0 Å². The van der Waals surface area contributed by atoms with E-state index < -0.39 is 0 Å².